The van der Waals surface area contributed by atoms with E-state index in [1.165, 1.54) is 0 Å². The molecule has 0 radical (unpaired) electrons. The van der Waals surface area contributed by atoms with E-state index in [9.17, 15) is 9.59 Å². The summed E-state index contributed by atoms with van der Waals surface area (Å²) in [5.41, 5.74) is 1.87. The first-order valence-electron chi connectivity index (χ1n) is 11.4. The van der Waals surface area contributed by atoms with Gasteiger partial charge in [-0.1, -0.05) is 23.7 Å². The van der Waals surface area contributed by atoms with Crippen molar-refractivity contribution >= 4 is 34.5 Å². The number of rotatable bonds is 5. The molecule has 2 fully saturated rings. The van der Waals surface area contributed by atoms with Crippen molar-refractivity contribution in [1.82, 2.24) is 20.5 Å². The Morgan fingerprint density at radius 3 is 2.82 bits per heavy atom. The topological polar surface area (TPSA) is 87.5 Å². The lowest BCUT2D eigenvalue weighted by atomic mass is 9.94. The summed E-state index contributed by atoms with van der Waals surface area (Å²) < 4.78 is 5.61. The Bertz CT molecular complexity index is 1130. The van der Waals surface area contributed by atoms with Crippen LogP contribution < -0.4 is 10.6 Å². The molecule has 8 heteroatoms. The number of fused-ring (bicyclic) bond motifs is 1. The molecule has 0 bridgehead atoms. The van der Waals surface area contributed by atoms with Gasteiger partial charge in [0.15, 0.2) is 11.3 Å². The number of pyridine rings is 1. The Morgan fingerprint density at radius 2 is 2.00 bits per heavy atom. The summed E-state index contributed by atoms with van der Waals surface area (Å²) in [6.45, 7) is 2.63. The summed E-state index contributed by atoms with van der Waals surface area (Å²) in [5.74, 6) is 0.576. The Hall–Kier alpha value is -3.06. The molecule has 1 saturated heterocycles. The highest BCUT2D eigenvalue weighted by Gasteiger charge is 2.53. The van der Waals surface area contributed by atoms with Crippen LogP contribution in [-0.4, -0.2) is 41.5 Å². The van der Waals surface area contributed by atoms with Crippen molar-refractivity contribution in [1.29, 1.82) is 0 Å². The maximum atomic E-state index is 12.7. The Kier molecular flexibility index (Phi) is 5.98. The quantitative estimate of drug-likeness (QED) is 0.574. The minimum Gasteiger partial charge on any atom is -0.449 e. The van der Waals surface area contributed by atoms with E-state index in [-0.39, 0.29) is 17.4 Å². The Labute approximate surface area is 197 Å². The molecule has 2 N–H and O–H groups in total. The molecule has 2 atom stereocenters. The van der Waals surface area contributed by atoms with Gasteiger partial charge in [0, 0.05) is 42.8 Å². The van der Waals surface area contributed by atoms with Gasteiger partial charge in [-0.3, -0.25) is 9.78 Å². The average Bonchev–Trinajstić information content (AvgIpc) is 3.41. The zero-order chi connectivity index (χ0) is 22.8. The summed E-state index contributed by atoms with van der Waals surface area (Å²) in [6.07, 6.45) is 7.43. The summed E-state index contributed by atoms with van der Waals surface area (Å²) >= 11 is 5.92. The van der Waals surface area contributed by atoms with Crippen LogP contribution in [0.4, 0.5) is 4.79 Å². The largest absolute Gasteiger partial charge is 0.449 e. The molecule has 3 aromatic rings. The number of likely N-dealkylation sites (tertiary alicyclic amines) is 1. The highest BCUT2D eigenvalue weighted by molar-refractivity contribution is 6.30. The van der Waals surface area contributed by atoms with Crippen molar-refractivity contribution in [2.45, 2.75) is 32.2 Å². The highest BCUT2D eigenvalue weighted by atomic mass is 35.5. The van der Waals surface area contributed by atoms with Crippen LogP contribution in [0.1, 0.15) is 41.8 Å². The monoisotopic (exact) mass is 466 g/mol. The van der Waals surface area contributed by atoms with Gasteiger partial charge in [-0.05, 0) is 66.8 Å². The first-order chi connectivity index (χ1) is 16.0. The Morgan fingerprint density at radius 1 is 1.15 bits per heavy atom. The zero-order valence-electron chi connectivity index (χ0n) is 18.4. The van der Waals surface area contributed by atoms with E-state index in [4.69, 9.17) is 16.0 Å². The molecule has 2 aliphatic rings. The second-order valence-corrected chi connectivity index (χ2v) is 9.56. The lowest BCUT2D eigenvalue weighted by Crippen LogP contribution is -2.40. The molecular weight excluding hydrogens is 440 g/mol. The maximum Gasteiger partial charge on any atom is 0.317 e. The van der Waals surface area contributed by atoms with Gasteiger partial charge in [0.1, 0.15) is 0 Å². The minimum atomic E-state index is -0.190. The Balaban J connectivity index is 1.09. The van der Waals surface area contributed by atoms with Crippen molar-refractivity contribution < 1.29 is 14.0 Å². The summed E-state index contributed by atoms with van der Waals surface area (Å²) in [6, 6.07) is 11.1. The molecule has 172 valence electrons. The number of carbonyl (C=O) groups is 2. The number of carbonyl (C=O) groups excluding carboxylic acids is 2. The molecule has 1 spiro atoms. The number of furan rings is 1. The third-order valence-electron chi connectivity index (χ3n) is 7.04. The molecule has 2 unspecified atom stereocenters. The number of halogens is 1. The van der Waals surface area contributed by atoms with Gasteiger partial charge in [0.05, 0.1) is 6.20 Å². The van der Waals surface area contributed by atoms with Crippen LogP contribution in [0.5, 0.6) is 0 Å². The van der Waals surface area contributed by atoms with E-state index in [1.807, 2.05) is 35.2 Å². The van der Waals surface area contributed by atoms with Gasteiger partial charge in [0.25, 0.3) is 5.91 Å². The van der Waals surface area contributed by atoms with Crippen LogP contribution in [0.15, 0.2) is 53.2 Å². The number of hydrogen-bond donors (Lipinski definition) is 2. The summed E-state index contributed by atoms with van der Waals surface area (Å²) in [7, 11) is 0. The molecule has 1 aliphatic carbocycles. The lowest BCUT2D eigenvalue weighted by Gasteiger charge is -2.21. The number of nitrogens with one attached hydrogen (secondary N) is 2. The molecule has 5 rings (SSSR count). The molecule has 2 aromatic heterocycles. The van der Waals surface area contributed by atoms with Gasteiger partial charge in [-0.15, -0.1) is 0 Å². The SMILES string of the molecule is O=C(NCC1CC12CCCN(C(=O)NCc1ccc(Cl)cc1)CC2)c1cc2ccncc2o1. The van der Waals surface area contributed by atoms with Crippen LogP contribution in [0.3, 0.4) is 0 Å². The number of amides is 3. The first-order valence-corrected chi connectivity index (χ1v) is 11.8. The third kappa shape index (κ3) is 4.83. The summed E-state index contributed by atoms with van der Waals surface area (Å²) in [5, 5.41) is 7.61. The number of aromatic nitrogens is 1. The zero-order valence-corrected chi connectivity index (χ0v) is 19.1. The van der Waals surface area contributed by atoms with Crippen LogP contribution in [-0.2, 0) is 6.54 Å². The second-order valence-electron chi connectivity index (χ2n) is 9.12. The molecule has 1 saturated carbocycles. The van der Waals surface area contributed by atoms with Crippen LogP contribution in [0, 0.1) is 11.3 Å². The minimum absolute atomic E-state index is 0.0214. The molecule has 3 amide bonds. The van der Waals surface area contributed by atoms with Gasteiger partial charge < -0.3 is 20.0 Å². The maximum absolute atomic E-state index is 12.7. The van der Waals surface area contributed by atoms with E-state index in [2.05, 4.69) is 15.6 Å². The van der Waals surface area contributed by atoms with Crippen LogP contribution in [0.2, 0.25) is 5.02 Å². The van der Waals surface area contributed by atoms with Gasteiger partial charge in [0.2, 0.25) is 0 Å². The van der Waals surface area contributed by atoms with E-state index < -0.39 is 0 Å². The fourth-order valence-corrected chi connectivity index (χ4v) is 5.07. The van der Waals surface area contributed by atoms with Gasteiger partial charge >= 0.3 is 6.03 Å². The fraction of sp³-hybridized carbons (Fsp3) is 0.400. The predicted octanol–water partition coefficient (Wildman–Crippen LogP) is 4.61. The third-order valence-corrected chi connectivity index (χ3v) is 7.29. The normalized spacial score (nSPS) is 22.2. The van der Waals surface area contributed by atoms with Gasteiger partial charge in [-0.2, -0.15) is 0 Å². The van der Waals surface area contributed by atoms with Crippen molar-refractivity contribution in [2.24, 2.45) is 11.3 Å². The van der Waals surface area contributed by atoms with Crippen molar-refractivity contribution in [3.05, 3.63) is 65.1 Å². The number of benzene rings is 1. The van der Waals surface area contributed by atoms with Crippen LogP contribution in [0.25, 0.3) is 11.0 Å². The molecule has 33 heavy (non-hydrogen) atoms. The smallest absolute Gasteiger partial charge is 0.317 e. The summed E-state index contributed by atoms with van der Waals surface area (Å²) in [4.78, 5) is 31.1. The molecule has 1 aliphatic heterocycles. The number of hydrogen-bond acceptors (Lipinski definition) is 4. The molecular formula is C25H27ClN4O3. The number of urea groups is 1. The molecule has 7 nitrogen and oxygen atoms in total. The standard InChI is InChI=1S/C25H27ClN4O3/c26-20-4-2-17(3-5-20)14-29-24(32)30-10-1-7-25(8-11-30)13-19(25)15-28-23(31)21-12-18-6-9-27-16-22(18)33-21/h2-6,9,12,16,19H,1,7-8,10-11,13-15H2,(H,28,31)(H,29,32). The van der Waals surface area contributed by atoms with Crippen molar-refractivity contribution in [3.8, 4) is 0 Å². The highest BCUT2D eigenvalue weighted by Crippen LogP contribution is 2.59. The average molecular weight is 467 g/mol. The van der Waals surface area contributed by atoms with E-state index in [1.54, 1.807) is 18.5 Å². The van der Waals surface area contributed by atoms with E-state index in [0.29, 0.717) is 35.4 Å². The molecule has 3 heterocycles. The van der Waals surface area contributed by atoms with E-state index >= 15 is 0 Å². The van der Waals surface area contributed by atoms with E-state index in [0.717, 1.165) is 49.7 Å². The van der Waals surface area contributed by atoms with Crippen LogP contribution >= 0.6 is 11.6 Å². The van der Waals surface area contributed by atoms with Gasteiger partial charge in [-0.25, -0.2) is 4.79 Å². The first kappa shape index (κ1) is 21.8. The second kappa shape index (κ2) is 9.06. The van der Waals surface area contributed by atoms with Crippen molar-refractivity contribution in [2.75, 3.05) is 19.6 Å². The lowest BCUT2D eigenvalue weighted by molar-refractivity contribution is 0.0924. The predicted molar refractivity (Wildman–Crippen MR) is 126 cm³/mol. The molecule has 1 aromatic carbocycles. The van der Waals surface area contributed by atoms with Crippen molar-refractivity contribution in [3.63, 3.8) is 0 Å². The fourth-order valence-electron chi connectivity index (χ4n) is 4.94. The number of nitrogens with zero attached hydrogens (tertiary/aromatic N) is 2.